The molecule has 0 fully saturated rings. The predicted molar refractivity (Wildman–Crippen MR) is 71.3 cm³/mol. The van der Waals surface area contributed by atoms with Gasteiger partial charge in [-0.2, -0.15) is 0 Å². The molecule has 0 radical (unpaired) electrons. The summed E-state index contributed by atoms with van der Waals surface area (Å²) in [5, 5.41) is 9.70. The topological polar surface area (TPSA) is 29.5 Å². The van der Waals surface area contributed by atoms with Crippen LogP contribution in [0.1, 0.15) is 33.3 Å². The molecule has 3 heteroatoms. The maximum absolute atomic E-state index is 9.70. The van der Waals surface area contributed by atoms with Gasteiger partial charge in [-0.25, -0.2) is 0 Å². The van der Waals surface area contributed by atoms with Crippen molar-refractivity contribution in [3.05, 3.63) is 35.9 Å². The van der Waals surface area contributed by atoms with Crippen molar-refractivity contribution in [1.29, 1.82) is 0 Å². The maximum Gasteiger partial charge on any atom is 0.548 e. The van der Waals surface area contributed by atoms with Gasteiger partial charge in [-0.1, -0.05) is 43.8 Å². The molecule has 90 valence electrons. The Morgan fingerprint density at radius 3 is 2.35 bits per heavy atom. The summed E-state index contributed by atoms with van der Waals surface area (Å²) in [6.45, 7) is 8.00. The highest BCUT2D eigenvalue weighted by Gasteiger charge is 2.28. The van der Waals surface area contributed by atoms with E-state index in [4.69, 9.17) is 4.65 Å². The molecule has 1 rings (SSSR count). The minimum Gasteiger partial charge on any atom is -0.416 e. The summed E-state index contributed by atoms with van der Waals surface area (Å²) in [5.41, 5.74) is 0.489. The van der Waals surface area contributed by atoms with Gasteiger partial charge < -0.3 is 9.68 Å². The fourth-order valence-corrected chi connectivity index (χ4v) is 1.12. The molecule has 0 aliphatic rings. The fraction of sp³-hybridized carbons (Fsp3) is 0.429. The molecule has 0 heterocycles. The summed E-state index contributed by atoms with van der Waals surface area (Å²) in [6, 6.07) is 9.55. The standard InChI is InChI=1S/C14H19BO2/c1-12(2)14(3,4)17-15(16)11-10-13-8-6-5-7-9-13/h5-9,12,16H,1-4H3. The summed E-state index contributed by atoms with van der Waals surface area (Å²) < 4.78 is 5.50. The van der Waals surface area contributed by atoms with E-state index in [9.17, 15) is 5.02 Å². The SMILES string of the molecule is CC(C)C(C)(C)OB(O)C#Cc1ccccc1. The Kier molecular flexibility index (Phi) is 4.80. The summed E-state index contributed by atoms with van der Waals surface area (Å²) in [6.07, 6.45) is 0. The lowest BCUT2D eigenvalue weighted by Gasteiger charge is -2.30. The third-order valence-corrected chi connectivity index (χ3v) is 2.92. The highest BCUT2D eigenvalue weighted by Crippen LogP contribution is 2.20. The van der Waals surface area contributed by atoms with Gasteiger partial charge in [0.2, 0.25) is 0 Å². The Morgan fingerprint density at radius 1 is 1.24 bits per heavy atom. The third kappa shape index (κ3) is 4.64. The Balaban J connectivity index is 2.62. The molecule has 1 aromatic rings. The molecule has 0 amide bonds. The van der Waals surface area contributed by atoms with E-state index in [0.29, 0.717) is 5.92 Å². The van der Waals surface area contributed by atoms with Crippen LogP contribution in [-0.2, 0) is 4.65 Å². The van der Waals surface area contributed by atoms with Gasteiger partial charge in [0.05, 0.1) is 5.60 Å². The summed E-state index contributed by atoms with van der Waals surface area (Å²) in [4.78, 5) is 0. The van der Waals surface area contributed by atoms with Crippen molar-refractivity contribution in [3.8, 4) is 11.7 Å². The highest BCUT2D eigenvalue weighted by molar-refractivity contribution is 6.53. The van der Waals surface area contributed by atoms with Crippen molar-refractivity contribution in [3.63, 3.8) is 0 Å². The Labute approximate surface area is 104 Å². The first-order chi connectivity index (χ1) is 7.92. The minimum absolute atomic E-state index is 0.315. The highest BCUT2D eigenvalue weighted by atomic mass is 16.5. The molecule has 0 saturated heterocycles. The van der Waals surface area contributed by atoms with E-state index in [-0.39, 0.29) is 5.60 Å². The zero-order chi connectivity index (χ0) is 12.9. The second-order valence-corrected chi connectivity index (χ2v) is 4.86. The van der Waals surface area contributed by atoms with Crippen molar-refractivity contribution < 1.29 is 9.68 Å². The normalized spacial score (nSPS) is 10.9. The molecule has 1 N–H and O–H groups in total. The summed E-state index contributed by atoms with van der Waals surface area (Å²) in [5.74, 6) is 5.89. The van der Waals surface area contributed by atoms with E-state index < -0.39 is 7.12 Å². The fourth-order valence-electron chi connectivity index (χ4n) is 1.12. The van der Waals surface area contributed by atoms with Crippen LogP contribution >= 0.6 is 0 Å². The van der Waals surface area contributed by atoms with E-state index in [1.807, 2.05) is 44.2 Å². The lowest BCUT2D eigenvalue weighted by Crippen LogP contribution is -2.37. The van der Waals surface area contributed by atoms with E-state index >= 15 is 0 Å². The molecule has 0 aromatic heterocycles. The Bertz CT molecular complexity index is 401. The van der Waals surface area contributed by atoms with E-state index in [2.05, 4.69) is 25.6 Å². The van der Waals surface area contributed by atoms with Gasteiger partial charge in [-0.3, -0.25) is 0 Å². The third-order valence-electron chi connectivity index (χ3n) is 2.92. The average molecular weight is 230 g/mol. The molecule has 0 atom stereocenters. The number of benzene rings is 1. The first-order valence-corrected chi connectivity index (χ1v) is 5.84. The van der Waals surface area contributed by atoms with Gasteiger partial charge in [0.15, 0.2) is 0 Å². The van der Waals surface area contributed by atoms with Crippen LogP contribution in [0.4, 0.5) is 0 Å². The molecule has 0 bridgehead atoms. The lowest BCUT2D eigenvalue weighted by atomic mass is 9.86. The van der Waals surface area contributed by atoms with Crippen LogP contribution in [0.3, 0.4) is 0 Å². The summed E-state index contributed by atoms with van der Waals surface area (Å²) in [7, 11) is -1.05. The van der Waals surface area contributed by atoms with Crippen LogP contribution in [0.5, 0.6) is 0 Å². The predicted octanol–water partition coefficient (Wildman–Crippen LogP) is 2.51. The molecule has 0 saturated carbocycles. The van der Waals surface area contributed by atoms with Crippen LogP contribution < -0.4 is 0 Å². The van der Waals surface area contributed by atoms with E-state index in [0.717, 1.165) is 5.56 Å². The molecule has 0 aliphatic heterocycles. The molecule has 0 unspecified atom stereocenters. The van der Waals surface area contributed by atoms with Crippen LogP contribution in [0.15, 0.2) is 30.3 Å². The van der Waals surface area contributed by atoms with E-state index in [1.54, 1.807) is 0 Å². The lowest BCUT2D eigenvalue weighted by molar-refractivity contribution is 0.0427. The van der Waals surface area contributed by atoms with Crippen LogP contribution in [0.25, 0.3) is 0 Å². The van der Waals surface area contributed by atoms with Crippen molar-refractivity contribution in [2.24, 2.45) is 5.92 Å². The minimum atomic E-state index is -1.05. The second kappa shape index (κ2) is 5.91. The monoisotopic (exact) mass is 230 g/mol. The molecular weight excluding hydrogens is 211 g/mol. The zero-order valence-electron chi connectivity index (χ0n) is 10.9. The molecule has 17 heavy (non-hydrogen) atoms. The summed E-state index contributed by atoms with van der Waals surface area (Å²) >= 11 is 0. The second-order valence-electron chi connectivity index (χ2n) is 4.86. The van der Waals surface area contributed by atoms with E-state index in [1.165, 1.54) is 0 Å². The quantitative estimate of drug-likeness (QED) is 0.638. The van der Waals surface area contributed by atoms with Crippen LogP contribution in [0.2, 0.25) is 0 Å². The van der Waals surface area contributed by atoms with Gasteiger partial charge in [0.25, 0.3) is 0 Å². The van der Waals surface area contributed by atoms with Gasteiger partial charge in [0.1, 0.15) is 0 Å². The Morgan fingerprint density at radius 2 is 1.82 bits per heavy atom. The first kappa shape index (κ1) is 13.8. The number of hydrogen-bond donors (Lipinski definition) is 1. The molecule has 0 spiro atoms. The molecule has 0 aliphatic carbocycles. The molecular formula is C14H19BO2. The first-order valence-electron chi connectivity index (χ1n) is 5.84. The van der Waals surface area contributed by atoms with Crippen LogP contribution in [-0.4, -0.2) is 17.7 Å². The van der Waals surface area contributed by atoms with Crippen molar-refractivity contribution in [2.45, 2.75) is 33.3 Å². The van der Waals surface area contributed by atoms with Crippen LogP contribution in [0, 0.1) is 17.7 Å². The number of hydrogen-bond acceptors (Lipinski definition) is 2. The van der Waals surface area contributed by atoms with Crippen molar-refractivity contribution in [1.82, 2.24) is 0 Å². The number of rotatable bonds is 3. The van der Waals surface area contributed by atoms with Gasteiger partial charge in [-0.05, 0) is 31.9 Å². The van der Waals surface area contributed by atoms with Gasteiger partial charge in [0, 0.05) is 5.56 Å². The molecule has 1 aromatic carbocycles. The largest absolute Gasteiger partial charge is 0.548 e. The zero-order valence-corrected chi connectivity index (χ0v) is 10.9. The Hall–Kier alpha value is -1.24. The average Bonchev–Trinajstić information content (AvgIpc) is 2.27. The molecule has 2 nitrogen and oxygen atoms in total. The van der Waals surface area contributed by atoms with Crippen molar-refractivity contribution >= 4 is 7.12 Å². The maximum atomic E-state index is 9.70. The van der Waals surface area contributed by atoms with Gasteiger partial charge >= 0.3 is 7.12 Å². The smallest absolute Gasteiger partial charge is 0.416 e. The van der Waals surface area contributed by atoms with Crippen molar-refractivity contribution in [2.75, 3.05) is 0 Å². The van der Waals surface area contributed by atoms with Gasteiger partial charge in [-0.15, -0.1) is 0 Å².